The van der Waals surface area contributed by atoms with Gasteiger partial charge in [0.25, 0.3) is 0 Å². The Bertz CT molecular complexity index is 76.5. The van der Waals surface area contributed by atoms with E-state index < -0.39 is 6.43 Å². The molecule has 3 heteroatoms. The lowest BCUT2D eigenvalue weighted by molar-refractivity contribution is 0.0933. The second-order valence-corrected chi connectivity index (χ2v) is 2.35. The highest BCUT2D eigenvalue weighted by Gasteiger charge is 2.00. The average Bonchev–Trinajstić information content (AvgIpc) is 1.96. The Morgan fingerprint density at radius 2 is 1.82 bits per heavy atom. The molecular formula is C8H15F2O. The van der Waals surface area contributed by atoms with Crippen LogP contribution >= 0.6 is 0 Å². The van der Waals surface area contributed by atoms with E-state index in [0.29, 0.717) is 19.6 Å². The molecule has 0 bridgehead atoms. The summed E-state index contributed by atoms with van der Waals surface area (Å²) in [4.78, 5) is 0. The van der Waals surface area contributed by atoms with Crippen LogP contribution in [0.15, 0.2) is 0 Å². The molecule has 0 rings (SSSR count). The molecule has 0 aromatic heterocycles. The van der Waals surface area contributed by atoms with Gasteiger partial charge in [-0.15, -0.1) is 0 Å². The minimum atomic E-state index is -2.19. The van der Waals surface area contributed by atoms with Crippen LogP contribution in [0.4, 0.5) is 8.78 Å². The van der Waals surface area contributed by atoms with Gasteiger partial charge < -0.3 is 4.74 Å². The van der Waals surface area contributed by atoms with Gasteiger partial charge in [-0.3, -0.25) is 0 Å². The summed E-state index contributed by atoms with van der Waals surface area (Å²) in [6.45, 7) is 4.73. The van der Waals surface area contributed by atoms with Crippen molar-refractivity contribution in [3.8, 4) is 0 Å². The van der Waals surface area contributed by atoms with E-state index in [1.165, 1.54) is 0 Å². The van der Waals surface area contributed by atoms with Crippen molar-refractivity contribution in [3.63, 3.8) is 0 Å². The molecule has 1 nitrogen and oxygen atoms in total. The SMILES string of the molecule is [CH2]CCCOCCCC(F)F. The average molecular weight is 165 g/mol. The van der Waals surface area contributed by atoms with Crippen LogP contribution in [0.25, 0.3) is 0 Å². The highest BCUT2D eigenvalue weighted by molar-refractivity contribution is 4.43. The number of hydrogen-bond donors (Lipinski definition) is 0. The van der Waals surface area contributed by atoms with Gasteiger partial charge in [0.2, 0.25) is 6.43 Å². The van der Waals surface area contributed by atoms with Crippen molar-refractivity contribution in [3.05, 3.63) is 6.92 Å². The van der Waals surface area contributed by atoms with E-state index in [9.17, 15) is 8.78 Å². The van der Waals surface area contributed by atoms with Crippen LogP contribution in [-0.2, 0) is 4.74 Å². The highest BCUT2D eigenvalue weighted by Crippen LogP contribution is 2.02. The fraction of sp³-hybridized carbons (Fsp3) is 0.875. The fourth-order valence-electron chi connectivity index (χ4n) is 0.646. The van der Waals surface area contributed by atoms with E-state index >= 15 is 0 Å². The number of rotatable bonds is 7. The summed E-state index contributed by atoms with van der Waals surface area (Å²) in [6.07, 6.45) is -0.0330. The predicted octanol–water partition coefficient (Wildman–Crippen LogP) is 2.66. The molecule has 0 spiro atoms. The van der Waals surface area contributed by atoms with Gasteiger partial charge in [0, 0.05) is 19.6 Å². The Morgan fingerprint density at radius 3 is 2.36 bits per heavy atom. The van der Waals surface area contributed by atoms with Crippen molar-refractivity contribution in [2.24, 2.45) is 0 Å². The standard InChI is InChI=1S/C8H15F2O/c1-2-3-6-11-7-4-5-8(9)10/h8H,1-7H2. The maximum Gasteiger partial charge on any atom is 0.238 e. The molecule has 11 heavy (non-hydrogen) atoms. The van der Waals surface area contributed by atoms with Gasteiger partial charge in [-0.25, -0.2) is 8.78 Å². The minimum absolute atomic E-state index is 0.0512. The van der Waals surface area contributed by atoms with Gasteiger partial charge in [-0.2, -0.15) is 0 Å². The topological polar surface area (TPSA) is 9.23 Å². The van der Waals surface area contributed by atoms with E-state index in [4.69, 9.17) is 4.74 Å². The maximum absolute atomic E-state index is 11.5. The first-order valence-electron chi connectivity index (χ1n) is 3.92. The molecule has 0 heterocycles. The third kappa shape index (κ3) is 9.82. The number of unbranched alkanes of at least 4 members (excludes halogenated alkanes) is 1. The number of halogens is 2. The van der Waals surface area contributed by atoms with E-state index in [1.807, 2.05) is 0 Å². The first-order valence-corrected chi connectivity index (χ1v) is 3.92. The first-order chi connectivity index (χ1) is 5.27. The largest absolute Gasteiger partial charge is 0.381 e. The number of ether oxygens (including phenoxy) is 1. The molecule has 0 fully saturated rings. The normalized spacial score (nSPS) is 10.9. The summed E-state index contributed by atoms with van der Waals surface area (Å²) in [5, 5.41) is 0. The van der Waals surface area contributed by atoms with Gasteiger partial charge in [-0.05, 0) is 12.8 Å². The van der Waals surface area contributed by atoms with Crippen LogP contribution < -0.4 is 0 Å². The van der Waals surface area contributed by atoms with E-state index in [1.54, 1.807) is 0 Å². The van der Waals surface area contributed by atoms with Crippen LogP contribution in [0.3, 0.4) is 0 Å². The molecule has 0 saturated heterocycles. The lowest BCUT2D eigenvalue weighted by Gasteiger charge is -2.01. The summed E-state index contributed by atoms with van der Waals surface area (Å²) in [6, 6.07) is 0. The summed E-state index contributed by atoms with van der Waals surface area (Å²) >= 11 is 0. The predicted molar refractivity (Wildman–Crippen MR) is 40.6 cm³/mol. The second-order valence-electron chi connectivity index (χ2n) is 2.35. The van der Waals surface area contributed by atoms with E-state index in [2.05, 4.69) is 6.92 Å². The monoisotopic (exact) mass is 165 g/mol. The second kappa shape index (κ2) is 7.92. The molecule has 0 aromatic carbocycles. The fourth-order valence-corrected chi connectivity index (χ4v) is 0.646. The molecule has 0 unspecified atom stereocenters. The summed E-state index contributed by atoms with van der Waals surface area (Å²) in [5.74, 6) is 0. The van der Waals surface area contributed by atoms with Crippen molar-refractivity contribution >= 4 is 0 Å². The zero-order valence-electron chi connectivity index (χ0n) is 6.69. The van der Waals surface area contributed by atoms with Crippen molar-refractivity contribution in [2.45, 2.75) is 32.1 Å². The third-order valence-corrected chi connectivity index (χ3v) is 1.25. The van der Waals surface area contributed by atoms with Crippen LogP contribution in [0.5, 0.6) is 0 Å². The van der Waals surface area contributed by atoms with E-state index in [0.717, 1.165) is 12.8 Å². The van der Waals surface area contributed by atoms with Gasteiger partial charge in [0.15, 0.2) is 0 Å². The van der Waals surface area contributed by atoms with Crippen molar-refractivity contribution in [1.82, 2.24) is 0 Å². The van der Waals surface area contributed by atoms with Gasteiger partial charge >= 0.3 is 0 Å². The molecule has 1 radical (unpaired) electrons. The lowest BCUT2D eigenvalue weighted by atomic mass is 10.3. The van der Waals surface area contributed by atoms with E-state index in [-0.39, 0.29) is 6.42 Å². The number of hydrogen-bond acceptors (Lipinski definition) is 1. The zero-order valence-corrected chi connectivity index (χ0v) is 6.69. The zero-order chi connectivity index (χ0) is 8.53. The summed E-state index contributed by atoms with van der Waals surface area (Å²) < 4.78 is 28.1. The molecule has 0 atom stereocenters. The molecule has 0 aliphatic heterocycles. The smallest absolute Gasteiger partial charge is 0.238 e. The van der Waals surface area contributed by atoms with Crippen molar-refractivity contribution in [1.29, 1.82) is 0 Å². The maximum atomic E-state index is 11.5. The molecule has 0 aliphatic carbocycles. The molecule has 0 aliphatic rings. The van der Waals surface area contributed by atoms with Crippen LogP contribution in [0, 0.1) is 6.92 Å². The first kappa shape index (κ1) is 10.8. The highest BCUT2D eigenvalue weighted by atomic mass is 19.3. The third-order valence-electron chi connectivity index (χ3n) is 1.25. The summed E-state index contributed by atoms with van der Waals surface area (Å²) in [7, 11) is 0. The Morgan fingerprint density at radius 1 is 1.18 bits per heavy atom. The summed E-state index contributed by atoms with van der Waals surface area (Å²) in [5.41, 5.74) is 0. The van der Waals surface area contributed by atoms with Crippen molar-refractivity contribution in [2.75, 3.05) is 13.2 Å². The van der Waals surface area contributed by atoms with Gasteiger partial charge in [0.1, 0.15) is 0 Å². The molecule has 0 aromatic rings. The Balaban J connectivity index is 2.80. The molecule has 67 valence electrons. The molecular weight excluding hydrogens is 150 g/mol. The Labute approximate surface area is 66.7 Å². The Kier molecular flexibility index (Phi) is 7.79. The van der Waals surface area contributed by atoms with Crippen LogP contribution in [0.2, 0.25) is 0 Å². The van der Waals surface area contributed by atoms with Crippen molar-refractivity contribution < 1.29 is 13.5 Å². The Hall–Kier alpha value is -0.180. The lowest BCUT2D eigenvalue weighted by Crippen LogP contribution is -1.99. The quantitative estimate of drug-likeness (QED) is 0.527. The molecule has 0 amide bonds. The molecule has 0 N–H and O–H groups in total. The number of alkyl halides is 2. The minimum Gasteiger partial charge on any atom is -0.381 e. The van der Waals surface area contributed by atoms with Gasteiger partial charge in [0.05, 0.1) is 0 Å². The molecule has 0 saturated carbocycles. The van der Waals surface area contributed by atoms with Crippen LogP contribution in [-0.4, -0.2) is 19.6 Å². The van der Waals surface area contributed by atoms with Gasteiger partial charge in [-0.1, -0.05) is 13.3 Å². The van der Waals surface area contributed by atoms with Crippen LogP contribution in [0.1, 0.15) is 25.7 Å².